The minimum absolute atomic E-state index is 0.113. The van der Waals surface area contributed by atoms with Gasteiger partial charge in [-0.05, 0) is 18.1 Å². The molecule has 0 atom stereocenters. The Kier molecular flexibility index (Phi) is 3.15. The molecular weight excluding hydrogens is 216 g/mol. The zero-order valence-corrected chi connectivity index (χ0v) is 9.94. The standard InChI is InChI=1S/C13H16N2O2/c1-8(2)12-13(15-11(7-16)14-12)9-4-3-5-10(17)6-9/h3-6,8,16-17H,7H2,1-2H3,(H,14,15). The number of aromatic nitrogens is 2. The number of phenolic OH excluding ortho intramolecular Hbond substituents is 1. The van der Waals surface area contributed by atoms with Gasteiger partial charge in [0, 0.05) is 11.3 Å². The molecule has 0 saturated heterocycles. The molecule has 1 aromatic heterocycles. The van der Waals surface area contributed by atoms with Crippen molar-refractivity contribution in [2.75, 3.05) is 0 Å². The van der Waals surface area contributed by atoms with E-state index in [1.54, 1.807) is 18.2 Å². The molecule has 0 aliphatic heterocycles. The van der Waals surface area contributed by atoms with Gasteiger partial charge in [-0.2, -0.15) is 0 Å². The van der Waals surface area contributed by atoms with E-state index in [1.165, 1.54) is 0 Å². The lowest BCUT2D eigenvalue weighted by Crippen LogP contribution is -1.91. The molecule has 0 unspecified atom stereocenters. The molecule has 0 aliphatic rings. The van der Waals surface area contributed by atoms with Crippen molar-refractivity contribution >= 4 is 0 Å². The molecular formula is C13H16N2O2. The van der Waals surface area contributed by atoms with Crippen LogP contribution in [-0.4, -0.2) is 20.2 Å². The Morgan fingerprint density at radius 3 is 2.71 bits per heavy atom. The van der Waals surface area contributed by atoms with Gasteiger partial charge in [0.15, 0.2) is 0 Å². The summed E-state index contributed by atoms with van der Waals surface area (Å²) in [5.41, 5.74) is 2.62. The molecule has 1 heterocycles. The third-order valence-electron chi connectivity index (χ3n) is 2.63. The Bertz CT molecular complexity index is 518. The van der Waals surface area contributed by atoms with Crippen molar-refractivity contribution in [3.63, 3.8) is 0 Å². The van der Waals surface area contributed by atoms with E-state index in [0.29, 0.717) is 5.82 Å². The van der Waals surface area contributed by atoms with Crippen LogP contribution in [0, 0.1) is 0 Å². The van der Waals surface area contributed by atoms with Crippen molar-refractivity contribution in [3.8, 4) is 17.0 Å². The Hall–Kier alpha value is -1.81. The Morgan fingerprint density at radius 1 is 1.35 bits per heavy atom. The summed E-state index contributed by atoms with van der Waals surface area (Å²) in [5.74, 6) is 1.04. The number of aromatic hydroxyl groups is 1. The molecule has 0 fully saturated rings. The number of phenols is 1. The predicted octanol–water partition coefficient (Wildman–Crippen LogP) is 2.40. The third kappa shape index (κ3) is 2.31. The van der Waals surface area contributed by atoms with Gasteiger partial charge < -0.3 is 15.2 Å². The number of nitrogens with zero attached hydrogens (tertiary/aromatic N) is 1. The molecule has 0 aliphatic carbocycles. The lowest BCUT2D eigenvalue weighted by molar-refractivity contribution is 0.272. The number of rotatable bonds is 3. The van der Waals surface area contributed by atoms with Crippen LogP contribution in [0.3, 0.4) is 0 Å². The second-order valence-electron chi connectivity index (χ2n) is 4.31. The highest BCUT2D eigenvalue weighted by atomic mass is 16.3. The summed E-state index contributed by atoms with van der Waals surface area (Å²) in [6.45, 7) is 4.00. The topological polar surface area (TPSA) is 69.1 Å². The number of imidazole rings is 1. The summed E-state index contributed by atoms with van der Waals surface area (Å²) in [7, 11) is 0. The van der Waals surface area contributed by atoms with Crippen molar-refractivity contribution in [1.82, 2.24) is 9.97 Å². The van der Waals surface area contributed by atoms with Crippen molar-refractivity contribution in [2.24, 2.45) is 0 Å². The highest BCUT2D eigenvalue weighted by molar-refractivity contribution is 5.64. The molecule has 0 spiro atoms. The zero-order chi connectivity index (χ0) is 12.4. The van der Waals surface area contributed by atoms with Gasteiger partial charge in [-0.3, -0.25) is 0 Å². The molecule has 17 heavy (non-hydrogen) atoms. The number of hydrogen-bond acceptors (Lipinski definition) is 3. The molecule has 3 N–H and O–H groups in total. The highest BCUT2D eigenvalue weighted by Gasteiger charge is 2.14. The van der Waals surface area contributed by atoms with E-state index in [-0.39, 0.29) is 18.3 Å². The van der Waals surface area contributed by atoms with E-state index < -0.39 is 0 Å². The maximum Gasteiger partial charge on any atom is 0.132 e. The molecule has 90 valence electrons. The number of aliphatic hydroxyl groups is 1. The number of hydrogen-bond donors (Lipinski definition) is 3. The minimum Gasteiger partial charge on any atom is -0.508 e. The number of aliphatic hydroxyl groups excluding tert-OH is 1. The Morgan fingerprint density at radius 2 is 2.12 bits per heavy atom. The van der Waals surface area contributed by atoms with Gasteiger partial charge in [0.1, 0.15) is 18.2 Å². The fraction of sp³-hybridized carbons (Fsp3) is 0.308. The van der Waals surface area contributed by atoms with Gasteiger partial charge in [-0.25, -0.2) is 4.98 Å². The largest absolute Gasteiger partial charge is 0.508 e. The average molecular weight is 232 g/mol. The predicted molar refractivity (Wildman–Crippen MR) is 65.7 cm³/mol. The first-order valence-corrected chi connectivity index (χ1v) is 5.61. The maximum atomic E-state index is 9.48. The molecule has 0 radical (unpaired) electrons. The normalized spacial score (nSPS) is 11.1. The van der Waals surface area contributed by atoms with E-state index in [2.05, 4.69) is 23.8 Å². The van der Waals surface area contributed by atoms with Crippen LogP contribution >= 0.6 is 0 Å². The molecule has 1 aromatic carbocycles. The van der Waals surface area contributed by atoms with Crippen LogP contribution < -0.4 is 0 Å². The summed E-state index contributed by atoms with van der Waals surface area (Å²) in [4.78, 5) is 7.45. The van der Waals surface area contributed by atoms with Crippen LogP contribution in [0.15, 0.2) is 24.3 Å². The summed E-state index contributed by atoms with van der Waals surface area (Å²) in [6.07, 6.45) is 0. The van der Waals surface area contributed by atoms with Crippen molar-refractivity contribution < 1.29 is 10.2 Å². The minimum atomic E-state index is -0.113. The van der Waals surface area contributed by atoms with Crippen LogP contribution in [0.25, 0.3) is 11.3 Å². The summed E-state index contributed by atoms with van der Waals surface area (Å²) in [5, 5.41) is 18.6. The van der Waals surface area contributed by atoms with E-state index in [4.69, 9.17) is 5.11 Å². The third-order valence-corrected chi connectivity index (χ3v) is 2.63. The average Bonchev–Trinajstić information content (AvgIpc) is 2.73. The monoisotopic (exact) mass is 232 g/mol. The summed E-state index contributed by atoms with van der Waals surface area (Å²) in [6, 6.07) is 6.96. The molecule has 0 amide bonds. The van der Waals surface area contributed by atoms with Gasteiger partial charge in [0.05, 0.1) is 5.69 Å². The van der Waals surface area contributed by atoms with E-state index in [9.17, 15) is 5.11 Å². The summed E-state index contributed by atoms with van der Waals surface area (Å²) >= 11 is 0. The summed E-state index contributed by atoms with van der Waals surface area (Å²) < 4.78 is 0. The first kappa shape index (κ1) is 11.7. The van der Waals surface area contributed by atoms with E-state index >= 15 is 0 Å². The van der Waals surface area contributed by atoms with Crippen LogP contribution in [0.1, 0.15) is 31.3 Å². The van der Waals surface area contributed by atoms with Crippen LogP contribution in [0.2, 0.25) is 0 Å². The SMILES string of the molecule is CC(C)c1[nH]c(CO)nc1-c1cccc(O)c1. The lowest BCUT2D eigenvalue weighted by Gasteiger charge is -2.05. The van der Waals surface area contributed by atoms with Gasteiger partial charge in [-0.1, -0.05) is 26.0 Å². The second-order valence-corrected chi connectivity index (χ2v) is 4.31. The van der Waals surface area contributed by atoms with Crippen molar-refractivity contribution in [2.45, 2.75) is 26.4 Å². The first-order chi connectivity index (χ1) is 8.11. The molecule has 0 saturated carbocycles. The van der Waals surface area contributed by atoms with Crippen molar-refractivity contribution in [3.05, 3.63) is 35.8 Å². The number of H-pyrrole nitrogens is 1. The zero-order valence-electron chi connectivity index (χ0n) is 9.94. The van der Waals surface area contributed by atoms with E-state index in [1.807, 2.05) is 6.07 Å². The van der Waals surface area contributed by atoms with Gasteiger partial charge in [0.25, 0.3) is 0 Å². The van der Waals surface area contributed by atoms with Gasteiger partial charge >= 0.3 is 0 Å². The molecule has 2 rings (SSSR count). The maximum absolute atomic E-state index is 9.48. The van der Waals surface area contributed by atoms with Crippen LogP contribution in [-0.2, 0) is 6.61 Å². The second kappa shape index (κ2) is 4.59. The Balaban J connectivity index is 2.53. The molecule has 4 nitrogen and oxygen atoms in total. The quantitative estimate of drug-likeness (QED) is 0.761. The van der Waals surface area contributed by atoms with Gasteiger partial charge in [0.2, 0.25) is 0 Å². The lowest BCUT2D eigenvalue weighted by atomic mass is 10.0. The van der Waals surface area contributed by atoms with Crippen LogP contribution in [0.4, 0.5) is 0 Å². The number of aromatic amines is 1. The fourth-order valence-electron chi connectivity index (χ4n) is 1.80. The first-order valence-electron chi connectivity index (χ1n) is 5.61. The molecule has 2 aromatic rings. The fourth-order valence-corrected chi connectivity index (χ4v) is 1.80. The van der Waals surface area contributed by atoms with E-state index in [0.717, 1.165) is 17.0 Å². The number of benzene rings is 1. The smallest absolute Gasteiger partial charge is 0.132 e. The van der Waals surface area contributed by atoms with Gasteiger partial charge in [-0.15, -0.1) is 0 Å². The number of nitrogens with one attached hydrogen (secondary N) is 1. The Labute approximate surface area is 100.0 Å². The highest BCUT2D eigenvalue weighted by Crippen LogP contribution is 2.29. The molecule has 0 bridgehead atoms. The van der Waals surface area contributed by atoms with Crippen molar-refractivity contribution in [1.29, 1.82) is 0 Å². The molecule has 4 heteroatoms. The van der Waals surface area contributed by atoms with Crippen LogP contribution in [0.5, 0.6) is 5.75 Å².